The second-order valence-corrected chi connectivity index (χ2v) is 4.24. The van der Waals surface area contributed by atoms with E-state index in [1.165, 1.54) is 32.4 Å². The van der Waals surface area contributed by atoms with E-state index < -0.39 is 0 Å². The predicted molar refractivity (Wildman–Crippen MR) is 52.6 cm³/mol. The molecule has 0 saturated carbocycles. The second kappa shape index (κ2) is 4.40. The topological polar surface area (TPSA) is 24.5 Å². The third-order valence-corrected chi connectivity index (χ3v) is 3.16. The lowest BCUT2D eigenvalue weighted by molar-refractivity contribution is -0.0499. The molecule has 0 amide bonds. The lowest BCUT2D eigenvalue weighted by Gasteiger charge is -2.36. The molecule has 2 heterocycles. The first kappa shape index (κ1) is 9.44. The van der Waals surface area contributed by atoms with E-state index in [0.717, 1.165) is 19.1 Å². The van der Waals surface area contributed by atoms with Gasteiger partial charge in [-0.3, -0.25) is 5.32 Å². The summed E-state index contributed by atoms with van der Waals surface area (Å²) in [5.74, 6) is 0.747. The molecule has 0 spiro atoms. The monoisotopic (exact) mass is 184 g/mol. The normalized spacial score (nSPS) is 33.5. The molecule has 0 aromatic rings. The van der Waals surface area contributed by atoms with Crippen LogP contribution in [-0.2, 0) is 4.74 Å². The molecule has 2 aliphatic rings. The molecule has 2 fully saturated rings. The van der Waals surface area contributed by atoms with Gasteiger partial charge in [0.2, 0.25) is 0 Å². The number of hydrogen-bond donors (Lipinski definition) is 1. The Hall–Kier alpha value is -0.120. The maximum absolute atomic E-state index is 5.72. The van der Waals surface area contributed by atoms with Crippen LogP contribution in [0.2, 0.25) is 0 Å². The van der Waals surface area contributed by atoms with Gasteiger partial charge in [0.05, 0.1) is 0 Å². The Morgan fingerprint density at radius 3 is 2.69 bits per heavy atom. The van der Waals surface area contributed by atoms with Crippen molar-refractivity contribution in [2.24, 2.45) is 5.92 Å². The van der Waals surface area contributed by atoms with Gasteiger partial charge in [-0.2, -0.15) is 0 Å². The molecule has 0 bridgehead atoms. The first-order chi connectivity index (χ1) is 6.36. The molecule has 2 rings (SSSR count). The summed E-state index contributed by atoms with van der Waals surface area (Å²) in [6, 6.07) is 0. The van der Waals surface area contributed by atoms with E-state index >= 15 is 0 Å². The van der Waals surface area contributed by atoms with Crippen molar-refractivity contribution in [1.29, 1.82) is 0 Å². The van der Waals surface area contributed by atoms with Crippen molar-refractivity contribution in [2.75, 3.05) is 33.3 Å². The second-order valence-electron chi connectivity index (χ2n) is 4.24. The maximum Gasteiger partial charge on any atom is 0.111 e. The number of rotatable bonds is 1. The zero-order chi connectivity index (χ0) is 9.10. The van der Waals surface area contributed by atoms with E-state index in [1.807, 2.05) is 0 Å². The van der Waals surface area contributed by atoms with Crippen molar-refractivity contribution in [2.45, 2.75) is 25.5 Å². The fourth-order valence-electron chi connectivity index (χ4n) is 2.22. The lowest BCUT2D eigenvalue weighted by atomic mass is 9.95. The van der Waals surface area contributed by atoms with E-state index in [-0.39, 0.29) is 0 Å². The molecule has 1 unspecified atom stereocenters. The van der Waals surface area contributed by atoms with Gasteiger partial charge in [0.1, 0.15) is 6.23 Å². The van der Waals surface area contributed by atoms with Gasteiger partial charge in [-0.15, -0.1) is 0 Å². The van der Waals surface area contributed by atoms with Crippen LogP contribution < -0.4 is 5.32 Å². The zero-order valence-electron chi connectivity index (χ0n) is 8.46. The van der Waals surface area contributed by atoms with Crippen LogP contribution in [0.5, 0.6) is 0 Å². The molecule has 76 valence electrons. The van der Waals surface area contributed by atoms with Crippen molar-refractivity contribution >= 4 is 0 Å². The van der Waals surface area contributed by atoms with Crippen LogP contribution in [0.25, 0.3) is 0 Å². The smallest absolute Gasteiger partial charge is 0.111 e. The number of piperidine rings is 1. The van der Waals surface area contributed by atoms with Crippen LogP contribution in [0.15, 0.2) is 0 Å². The summed E-state index contributed by atoms with van der Waals surface area (Å²) >= 11 is 0. The van der Waals surface area contributed by atoms with Gasteiger partial charge in [0.25, 0.3) is 0 Å². The Morgan fingerprint density at radius 2 is 2.08 bits per heavy atom. The fourth-order valence-corrected chi connectivity index (χ4v) is 2.22. The predicted octanol–water partition coefficient (Wildman–Crippen LogP) is 0.664. The highest BCUT2D eigenvalue weighted by molar-refractivity contribution is 4.77. The zero-order valence-corrected chi connectivity index (χ0v) is 8.46. The van der Waals surface area contributed by atoms with Crippen LogP contribution in [0.1, 0.15) is 19.3 Å². The first-order valence-electron chi connectivity index (χ1n) is 5.40. The summed E-state index contributed by atoms with van der Waals surface area (Å²) in [4.78, 5) is 2.40. The van der Waals surface area contributed by atoms with Crippen LogP contribution in [0.4, 0.5) is 0 Å². The average Bonchev–Trinajstić information content (AvgIpc) is 2.20. The Kier molecular flexibility index (Phi) is 3.19. The van der Waals surface area contributed by atoms with Gasteiger partial charge in [-0.1, -0.05) is 0 Å². The molecule has 3 nitrogen and oxygen atoms in total. The SMILES string of the molecule is CN1CCC(C2NCCCO2)CC1. The van der Waals surface area contributed by atoms with Crippen LogP contribution >= 0.6 is 0 Å². The highest BCUT2D eigenvalue weighted by Gasteiger charge is 2.26. The molecule has 0 aromatic heterocycles. The summed E-state index contributed by atoms with van der Waals surface area (Å²) < 4.78 is 5.72. The van der Waals surface area contributed by atoms with E-state index in [4.69, 9.17) is 4.74 Å². The Bertz CT molecular complexity index is 149. The average molecular weight is 184 g/mol. The van der Waals surface area contributed by atoms with E-state index in [1.54, 1.807) is 0 Å². The molecule has 1 N–H and O–H groups in total. The van der Waals surface area contributed by atoms with Crippen molar-refractivity contribution in [1.82, 2.24) is 10.2 Å². The third-order valence-electron chi connectivity index (χ3n) is 3.16. The highest BCUT2D eigenvalue weighted by Crippen LogP contribution is 2.21. The Labute approximate surface area is 80.4 Å². The van der Waals surface area contributed by atoms with Crippen LogP contribution in [0.3, 0.4) is 0 Å². The van der Waals surface area contributed by atoms with Gasteiger partial charge in [-0.05, 0) is 45.9 Å². The third kappa shape index (κ3) is 2.42. The van der Waals surface area contributed by atoms with Gasteiger partial charge >= 0.3 is 0 Å². The highest BCUT2D eigenvalue weighted by atomic mass is 16.5. The molecular formula is C10H20N2O. The minimum absolute atomic E-state index is 0.349. The molecule has 0 aromatic carbocycles. The molecule has 3 heteroatoms. The van der Waals surface area contributed by atoms with Crippen molar-refractivity contribution in [3.05, 3.63) is 0 Å². The molecule has 0 radical (unpaired) electrons. The van der Waals surface area contributed by atoms with Crippen molar-refractivity contribution in [3.8, 4) is 0 Å². The molecule has 13 heavy (non-hydrogen) atoms. The Balaban J connectivity index is 1.79. The van der Waals surface area contributed by atoms with E-state index in [9.17, 15) is 0 Å². The first-order valence-corrected chi connectivity index (χ1v) is 5.40. The number of likely N-dealkylation sites (tertiary alicyclic amines) is 1. The largest absolute Gasteiger partial charge is 0.363 e. The van der Waals surface area contributed by atoms with Gasteiger partial charge in [-0.25, -0.2) is 0 Å². The number of hydrogen-bond acceptors (Lipinski definition) is 3. The van der Waals surface area contributed by atoms with E-state index in [0.29, 0.717) is 6.23 Å². The lowest BCUT2D eigenvalue weighted by Crippen LogP contribution is -2.47. The minimum Gasteiger partial charge on any atom is -0.363 e. The minimum atomic E-state index is 0.349. The maximum atomic E-state index is 5.72. The van der Waals surface area contributed by atoms with E-state index in [2.05, 4.69) is 17.3 Å². The van der Waals surface area contributed by atoms with Crippen LogP contribution in [-0.4, -0.2) is 44.4 Å². The molecular weight excluding hydrogens is 164 g/mol. The summed E-state index contributed by atoms with van der Waals surface area (Å²) in [5.41, 5.74) is 0. The molecule has 2 aliphatic heterocycles. The Morgan fingerprint density at radius 1 is 1.31 bits per heavy atom. The molecule has 0 aliphatic carbocycles. The van der Waals surface area contributed by atoms with Gasteiger partial charge < -0.3 is 9.64 Å². The van der Waals surface area contributed by atoms with Gasteiger partial charge in [0, 0.05) is 12.5 Å². The number of ether oxygens (including phenoxy) is 1. The summed E-state index contributed by atoms with van der Waals surface area (Å²) in [6.07, 6.45) is 4.09. The summed E-state index contributed by atoms with van der Waals surface area (Å²) in [7, 11) is 2.20. The number of nitrogens with one attached hydrogen (secondary N) is 1. The standard InChI is InChI=1S/C10H20N2O/c1-12-6-3-9(4-7-12)10-11-5-2-8-13-10/h9-11H,2-8H2,1H3. The molecule has 1 atom stereocenters. The quantitative estimate of drug-likeness (QED) is 0.648. The van der Waals surface area contributed by atoms with Crippen molar-refractivity contribution < 1.29 is 4.74 Å². The fraction of sp³-hybridized carbons (Fsp3) is 1.00. The van der Waals surface area contributed by atoms with Crippen molar-refractivity contribution in [3.63, 3.8) is 0 Å². The van der Waals surface area contributed by atoms with Crippen LogP contribution in [0, 0.1) is 5.92 Å². The summed E-state index contributed by atoms with van der Waals surface area (Å²) in [6.45, 7) is 4.54. The number of nitrogens with zero attached hydrogens (tertiary/aromatic N) is 1. The summed E-state index contributed by atoms with van der Waals surface area (Å²) in [5, 5.41) is 3.46. The van der Waals surface area contributed by atoms with Gasteiger partial charge in [0.15, 0.2) is 0 Å². The molecule has 2 saturated heterocycles.